The summed E-state index contributed by atoms with van der Waals surface area (Å²) in [6.07, 6.45) is 4.18. The smallest absolute Gasteiger partial charge is 0.319 e. The van der Waals surface area contributed by atoms with E-state index in [2.05, 4.69) is 20.9 Å². The number of nitrogens with one attached hydrogen (secondary N) is 2. The molecule has 2 rings (SSSR count). The van der Waals surface area contributed by atoms with Gasteiger partial charge in [0.1, 0.15) is 0 Å². The summed E-state index contributed by atoms with van der Waals surface area (Å²) in [5.41, 5.74) is 1.65. The zero-order valence-corrected chi connectivity index (χ0v) is 11.9. The van der Waals surface area contributed by atoms with Crippen molar-refractivity contribution in [3.8, 4) is 0 Å². The van der Waals surface area contributed by atoms with E-state index in [1.807, 2.05) is 19.1 Å². The maximum atomic E-state index is 11.7. The van der Waals surface area contributed by atoms with Gasteiger partial charge in [0.15, 0.2) is 0 Å². The van der Waals surface area contributed by atoms with Crippen LogP contribution in [0.3, 0.4) is 0 Å². The van der Waals surface area contributed by atoms with Gasteiger partial charge in [0.2, 0.25) is 0 Å². The Hall–Kier alpha value is -2.08. The molecule has 6 nitrogen and oxygen atoms in total. The van der Waals surface area contributed by atoms with Crippen molar-refractivity contribution in [2.24, 2.45) is 0 Å². The molecule has 0 spiro atoms. The Morgan fingerprint density at radius 3 is 3.00 bits per heavy atom. The third-order valence-corrected chi connectivity index (χ3v) is 3.01. The second kappa shape index (κ2) is 6.91. The van der Waals surface area contributed by atoms with Crippen molar-refractivity contribution in [1.82, 2.24) is 20.3 Å². The Morgan fingerprint density at radius 1 is 1.45 bits per heavy atom. The highest BCUT2D eigenvalue weighted by Gasteiger charge is 2.05. The number of hydrogen-bond donors (Lipinski definition) is 2. The number of aryl methyl sites for hydroxylation is 2. The summed E-state index contributed by atoms with van der Waals surface area (Å²) in [5, 5.41) is 13.6. The number of rotatable bonds is 5. The van der Waals surface area contributed by atoms with Crippen LogP contribution >= 0.6 is 11.6 Å². The van der Waals surface area contributed by atoms with Crippen molar-refractivity contribution >= 4 is 23.3 Å². The van der Waals surface area contributed by atoms with E-state index in [0.29, 0.717) is 23.8 Å². The maximum absolute atomic E-state index is 11.7. The molecule has 1 aromatic carbocycles. The van der Waals surface area contributed by atoms with Gasteiger partial charge in [-0.1, -0.05) is 22.9 Å². The van der Waals surface area contributed by atoms with Gasteiger partial charge in [-0.2, -0.15) is 0 Å². The van der Waals surface area contributed by atoms with Gasteiger partial charge in [0.25, 0.3) is 0 Å². The molecule has 0 saturated carbocycles. The van der Waals surface area contributed by atoms with Gasteiger partial charge in [0, 0.05) is 19.3 Å². The van der Waals surface area contributed by atoms with Crippen LogP contribution in [0, 0.1) is 6.92 Å². The zero-order chi connectivity index (χ0) is 14.4. The summed E-state index contributed by atoms with van der Waals surface area (Å²) < 4.78 is 1.72. The molecule has 0 unspecified atom stereocenters. The monoisotopic (exact) mass is 293 g/mol. The third kappa shape index (κ3) is 4.24. The molecule has 2 N–H and O–H groups in total. The molecule has 1 aromatic heterocycles. The maximum Gasteiger partial charge on any atom is 0.319 e. The first kappa shape index (κ1) is 14.3. The molecule has 0 radical (unpaired) electrons. The zero-order valence-electron chi connectivity index (χ0n) is 11.1. The van der Waals surface area contributed by atoms with Crippen molar-refractivity contribution in [2.75, 3.05) is 11.9 Å². The number of carbonyl (C=O) groups excluding carboxylic acids is 1. The number of anilines is 1. The van der Waals surface area contributed by atoms with E-state index in [1.54, 1.807) is 23.1 Å². The fourth-order valence-electron chi connectivity index (χ4n) is 1.68. The second-order valence-electron chi connectivity index (χ2n) is 4.38. The van der Waals surface area contributed by atoms with Gasteiger partial charge >= 0.3 is 6.03 Å². The van der Waals surface area contributed by atoms with Crippen molar-refractivity contribution in [1.29, 1.82) is 0 Å². The first-order chi connectivity index (χ1) is 9.65. The van der Waals surface area contributed by atoms with Gasteiger partial charge in [-0.3, -0.25) is 4.68 Å². The predicted molar refractivity (Wildman–Crippen MR) is 77.8 cm³/mol. The molecule has 2 aromatic rings. The molecule has 0 bridgehead atoms. The molecular formula is C13H16ClN5O. The lowest BCUT2D eigenvalue weighted by Gasteiger charge is -2.09. The fourth-order valence-corrected chi connectivity index (χ4v) is 1.97. The topological polar surface area (TPSA) is 71.8 Å². The summed E-state index contributed by atoms with van der Waals surface area (Å²) in [6, 6.07) is 5.22. The molecule has 0 atom stereocenters. The highest BCUT2D eigenvalue weighted by atomic mass is 35.5. The lowest BCUT2D eigenvalue weighted by atomic mass is 10.2. The molecule has 0 fully saturated rings. The number of urea groups is 1. The molecule has 1 heterocycles. The molecule has 0 aliphatic rings. The molecular weight excluding hydrogens is 278 g/mol. The van der Waals surface area contributed by atoms with E-state index in [-0.39, 0.29) is 6.03 Å². The number of carbonyl (C=O) groups is 1. The first-order valence-corrected chi connectivity index (χ1v) is 6.68. The molecule has 0 aliphatic heterocycles. The number of amides is 2. The van der Waals surface area contributed by atoms with E-state index in [9.17, 15) is 4.79 Å². The van der Waals surface area contributed by atoms with Crippen LogP contribution in [0.1, 0.15) is 12.0 Å². The van der Waals surface area contributed by atoms with Crippen molar-refractivity contribution in [3.63, 3.8) is 0 Å². The lowest BCUT2D eigenvalue weighted by molar-refractivity contribution is 0.251. The minimum absolute atomic E-state index is 0.269. The Bertz CT molecular complexity index is 570. The van der Waals surface area contributed by atoms with E-state index in [1.165, 1.54) is 0 Å². The van der Waals surface area contributed by atoms with Crippen LogP contribution < -0.4 is 10.6 Å². The first-order valence-electron chi connectivity index (χ1n) is 6.30. The number of hydrogen-bond acceptors (Lipinski definition) is 3. The van der Waals surface area contributed by atoms with Crippen LogP contribution in [0.15, 0.2) is 30.6 Å². The summed E-state index contributed by atoms with van der Waals surface area (Å²) in [5.74, 6) is 0. The van der Waals surface area contributed by atoms with Gasteiger partial charge in [-0.15, -0.1) is 5.10 Å². The van der Waals surface area contributed by atoms with Crippen LogP contribution in [0.5, 0.6) is 0 Å². The summed E-state index contributed by atoms with van der Waals surface area (Å²) in [6.45, 7) is 3.21. The molecule has 0 aliphatic carbocycles. The Morgan fingerprint density at radius 2 is 2.30 bits per heavy atom. The summed E-state index contributed by atoms with van der Waals surface area (Å²) >= 11 is 6.04. The molecule has 2 amide bonds. The lowest BCUT2D eigenvalue weighted by Crippen LogP contribution is -2.30. The van der Waals surface area contributed by atoms with Crippen LogP contribution in [0.4, 0.5) is 10.5 Å². The average Bonchev–Trinajstić information content (AvgIpc) is 2.91. The summed E-state index contributed by atoms with van der Waals surface area (Å²) in [7, 11) is 0. The highest BCUT2D eigenvalue weighted by Crippen LogP contribution is 2.22. The van der Waals surface area contributed by atoms with Gasteiger partial charge in [-0.25, -0.2) is 4.79 Å². The fraction of sp³-hybridized carbons (Fsp3) is 0.308. The highest BCUT2D eigenvalue weighted by molar-refractivity contribution is 6.33. The summed E-state index contributed by atoms with van der Waals surface area (Å²) in [4.78, 5) is 11.7. The van der Waals surface area contributed by atoms with Gasteiger partial charge < -0.3 is 10.6 Å². The van der Waals surface area contributed by atoms with E-state index in [0.717, 1.165) is 12.0 Å². The second-order valence-corrected chi connectivity index (χ2v) is 4.79. The standard InChI is InChI=1S/C13H16ClN5O/c1-10-3-4-12(11(14)9-10)17-13(20)15-5-2-7-19-8-6-16-18-19/h3-4,6,8-9H,2,5,7H2,1H3,(H2,15,17,20). The number of aromatic nitrogens is 3. The molecule has 0 saturated heterocycles. The van der Waals surface area contributed by atoms with Crippen molar-refractivity contribution in [2.45, 2.75) is 19.9 Å². The number of nitrogens with zero attached hydrogens (tertiary/aromatic N) is 3. The SMILES string of the molecule is Cc1ccc(NC(=O)NCCCn2ccnn2)c(Cl)c1. The van der Waals surface area contributed by atoms with E-state index >= 15 is 0 Å². The van der Waals surface area contributed by atoms with E-state index < -0.39 is 0 Å². The Kier molecular flexibility index (Phi) is 4.95. The largest absolute Gasteiger partial charge is 0.338 e. The molecule has 20 heavy (non-hydrogen) atoms. The average molecular weight is 294 g/mol. The minimum atomic E-state index is -0.269. The van der Waals surface area contributed by atoms with Crippen LogP contribution in [0.2, 0.25) is 5.02 Å². The molecule has 106 valence electrons. The Balaban J connectivity index is 1.72. The normalized spacial score (nSPS) is 10.3. The third-order valence-electron chi connectivity index (χ3n) is 2.69. The van der Waals surface area contributed by atoms with Crippen LogP contribution in [0.25, 0.3) is 0 Å². The Labute approximate surface area is 122 Å². The van der Waals surface area contributed by atoms with Crippen molar-refractivity contribution < 1.29 is 4.79 Å². The van der Waals surface area contributed by atoms with Crippen LogP contribution in [-0.4, -0.2) is 27.6 Å². The quantitative estimate of drug-likeness (QED) is 0.832. The number of halogens is 1. The van der Waals surface area contributed by atoms with E-state index in [4.69, 9.17) is 11.6 Å². The number of benzene rings is 1. The van der Waals surface area contributed by atoms with Crippen LogP contribution in [-0.2, 0) is 6.54 Å². The van der Waals surface area contributed by atoms with Gasteiger partial charge in [-0.05, 0) is 31.0 Å². The van der Waals surface area contributed by atoms with Gasteiger partial charge in [0.05, 0.1) is 16.9 Å². The van der Waals surface area contributed by atoms with Crippen molar-refractivity contribution in [3.05, 3.63) is 41.2 Å². The predicted octanol–water partition coefficient (Wildman–Crippen LogP) is 2.45. The molecule has 7 heteroatoms. The minimum Gasteiger partial charge on any atom is -0.338 e.